The Morgan fingerprint density at radius 1 is 1.29 bits per heavy atom. The summed E-state index contributed by atoms with van der Waals surface area (Å²) in [6.07, 6.45) is 5.33. The van der Waals surface area contributed by atoms with Gasteiger partial charge in [0.05, 0.1) is 17.7 Å². The zero-order chi connectivity index (χ0) is 19.7. The van der Waals surface area contributed by atoms with E-state index in [1.165, 1.54) is 17.0 Å². The summed E-state index contributed by atoms with van der Waals surface area (Å²) in [6.45, 7) is 3.85. The van der Waals surface area contributed by atoms with E-state index in [4.69, 9.17) is 0 Å². The molecular formula is C20H19N5O2S. The highest BCUT2D eigenvalue weighted by Gasteiger charge is 2.10. The molecule has 1 aromatic carbocycles. The molecule has 4 aromatic rings. The molecule has 0 unspecified atom stereocenters. The minimum Gasteiger partial charge on any atom is -0.325 e. The highest BCUT2D eigenvalue weighted by molar-refractivity contribution is 7.15. The summed E-state index contributed by atoms with van der Waals surface area (Å²) >= 11 is 1.57. The van der Waals surface area contributed by atoms with Crippen LogP contribution in [0, 0.1) is 0 Å². The van der Waals surface area contributed by atoms with Gasteiger partial charge in [0.1, 0.15) is 6.54 Å². The number of imidazole rings is 1. The number of aromatic nitrogens is 4. The van der Waals surface area contributed by atoms with Gasteiger partial charge in [-0.25, -0.2) is 9.97 Å². The predicted octanol–water partition coefficient (Wildman–Crippen LogP) is 3.38. The number of rotatable bonds is 5. The molecule has 0 saturated carbocycles. The summed E-state index contributed by atoms with van der Waals surface area (Å²) in [7, 11) is 0. The first-order chi connectivity index (χ1) is 13.5. The van der Waals surface area contributed by atoms with Crippen LogP contribution in [0.1, 0.15) is 25.5 Å². The van der Waals surface area contributed by atoms with Gasteiger partial charge in [-0.1, -0.05) is 26.0 Å². The maximum atomic E-state index is 12.4. The minimum absolute atomic E-state index is 0.0886. The molecule has 1 N–H and O–H groups in total. The zero-order valence-electron chi connectivity index (χ0n) is 15.5. The number of amides is 1. The molecule has 0 atom stereocenters. The maximum absolute atomic E-state index is 12.4. The zero-order valence-corrected chi connectivity index (χ0v) is 16.3. The highest BCUT2D eigenvalue weighted by Crippen LogP contribution is 2.24. The third-order valence-electron chi connectivity index (χ3n) is 4.34. The molecule has 142 valence electrons. The van der Waals surface area contributed by atoms with Gasteiger partial charge in [-0.05, 0) is 18.1 Å². The van der Waals surface area contributed by atoms with Crippen LogP contribution in [0.5, 0.6) is 0 Å². The van der Waals surface area contributed by atoms with Crippen molar-refractivity contribution in [2.75, 3.05) is 5.32 Å². The Morgan fingerprint density at radius 2 is 2.14 bits per heavy atom. The molecule has 1 amide bonds. The van der Waals surface area contributed by atoms with E-state index in [2.05, 4.69) is 15.3 Å². The van der Waals surface area contributed by atoms with Crippen molar-refractivity contribution in [1.29, 1.82) is 0 Å². The largest absolute Gasteiger partial charge is 0.325 e. The summed E-state index contributed by atoms with van der Waals surface area (Å²) < 4.78 is 3.26. The lowest BCUT2D eigenvalue weighted by atomic mass is 10.1. The van der Waals surface area contributed by atoms with E-state index in [9.17, 15) is 9.59 Å². The number of hydrogen-bond donors (Lipinski definition) is 1. The summed E-state index contributed by atoms with van der Waals surface area (Å²) in [5.41, 5.74) is 2.88. The fraction of sp³-hybridized carbons (Fsp3) is 0.200. The molecule has 0 radical (unpaired) electrons. The third-order valence-corrected chi connectivity index (χ3v) is 5.11. The summed E-state index contributed by atoms with van der Waals surface area (Å²) in [5, 5.41) is 4.81. The molecule has 28 heavy (non-hydrogen) atoms. The normalized spacial score (nSPS) is 11.2. The van der Waals surface area contributed by atoms with Crippen LogP contribution in [0.3, 0.4) is 0 Å². The lowest BCUT2D eigenvalue weighted by Gasteiger charge is -2.09. The highest BCUT2D eigenvalue weighted by atomic mass is 32.1. The van der Waals surface area contributed by atoms with Crippen LogP contribution < -0.4 is 10.9 Å². The van der Waals surface area contributed by atoms with E-state index in [-0.39, 0.29) is 23.9 Å². The van der Waals surface area contributed by atoms with E-state index >= 15 is 0 Å². The van der Waals surface area contributed by atoms with Crippen molar-refractivity contribution in [3.05, 3.63) is 70.5 Å². The SMILES string of the molecule is CC(C)c1cc(=O)n(CC(=O)Nc2cccc(-c3cn4ccsc4n3)c2)cn1. The van der Waals surface area contributed by atoms with Crippen molar-refractivity contribution in [2.45, 2.75) is 26.3 Å². The molecule has 0 aliphatic rings. The molecule has 0 spiro atoms. The van der Waals surface area contributed by atoms with Gasteiger partial charge in [0.2, 0.25) is 5.91 Å². The lowest BCUT2D eigenvalue weighted by molar-refractivity contribution is -0.116. The second kappa shape index (κ2) is 7.40. The number of carbonyl (C=O) groups excluding carboxylic acids is 1. The van der Waals surface area contributed by atoms with Gasteiger partial charge < -0.3 is 5.32 Å². The molecule has 0 aliphatic carbocycles. The van der Waals surface area contributed by atoms with Gasteiger partial charge in [-0.3, -0.25) is 18.6 Å². The van der Waals surface area contributed by atoms with Crippen LogP contribution in [-0.2, 0) is 11.3 Å². The number of hydrogen-bond acceptors (Lipinski definition) is 5. The predicted molar refractivity (Wildman–Crippen MR) is 110 cm³/mol. The van der Waals surface area contributed by atoms with E-state index in [1.54, 1.807) is 11.3 Å². The van der Waals surface area contributed by atoms with Crippen LogP contribution in [0.25, 0.3) is 16.2 Å². The number of fused-ring (bicyclic) bond motifs is 1. The molecule has 0 bridgehead atoms. The summed E-state index contributed by atoms with van der Waals surface area (Å²) in [6, 6.07) is 8.96. The van der Waals surface area contributed by atoms with Gasteiger partial charge in [-0.15, -0.1) is 11.3 Å². The Labute approximate surface area is 165 Å². The molecule has 0 aliphatic heterocycles. The molecule has 3 heterocycles. The van der Waals surface area contributed by atoms with E-state index in [1.807, 2.05) is 60.3 Å². The Kier molecular flexibility index (Phi) is 4.79. The molecule has 4 rings (SSSR count). The Bertz CT molecular complexity index is 1180. The average molecular weight is 393 g/mol. The number of benzene rings is 1. The average Bonchev–Trinajstić information content (AvgIpc) is 3.25. The van der Waals surface area contributed by atoms with E-state index < -0.39 is 0 Å². The molecular weight excluding hydrogens is 374 g/mol. The second-order valence-corrected chi connectivity index (χ2v) is 7.66. The second-order valence-electron chi connectivity index (χ2n) is 6.78. The fourth-order valence-electron chi connectivity index (χ4n) is 2.85. The van der Waals surface area contributed by atoms with Crippen molar-refractivity contribution < 1.29 is 4.79 Å². The van der Waals surface area contributed by atoms with Crippen LogP contribution in [0.2, 0.25) is 0 Å². The first kappa shape index (κ1) is 18.1. The topological polar surface area (TPSA) is 81.3 Å². The van der Waals surface area contributed by atoms with Crippen LogP contribution >= 0.6 is 11.3 Å². The number of carbonyl (C=O) groups is 1. The standard InChI is InChI=1S/C20H19N5O2S/c1-13(2)16-9-19(27)25(12-21-16)11-18(26)22-15-5-3-4-14(8-15)17-10-24-6-7-28-20(24)23-17/h3-10,12-13H,11H2,1-2H3,(H,22,26). The first-order valence-corrected chi connectivity index (χ1v) is 9.76. The number of thiazole rings is 1. The van der Waals surface area contributed by atoms with Gasteiger partial charge in [0, 0.05) is 35.1 Å². The van der Waals surface area contributed by atoms with E-state index in [0.717, 1.165) is 16.2 Å². The number of nitrogens with one attached hydrogen (secondary N) is 1. The van der Waals surface area contributed by atoms with E-state index in [0.29, 0.717) is 11.4 Å². The van der Waals surface area contributed by atoms with Crippen molar-refractivity contribution in [3.8, 4) is 11.3 Å². The lowest BCUT2D eigenvalue weighted by Crippen LogP contribution is -2.28. The smallest absolute Gasteiger partial charge is 0.254 e. The van der Waals surface area contributed by atoms with Crippen LogP contribution in [-0.4, -0.2) is 24.8 Å². The van der Waals surface area contributed by atoms with Crippen molar-refractivity contribution >= 4 is 27.9 Å². The number of nitrogens with zero attached hydrogens (tertiary/aromatic N) is 4. The third kappa shape index (κ3) is 3.72. The molecule has 7 nitrogen and oxygen atoms in total. The van der Waals surface area contributed by atoms with Gasteiger partial charge >= 0.3 is 0 Å². The Balaban J connectivity index is 1.49. The van der Waals surface area contributed by atoms with Gasteiger partial charge in [-0.2, -0.15) is 0 Å². The summed E-state index contributed by atoms with van der Waals surface area (Å²) in [4.78, 5) is 34.3. The minimum atomic E-state index is -0.288. The van der Waals surface area contributed by atoms with Crippen molar-refractivity contribution in [1.82, 2.24) is 18.9 Å². The maximum Gasteiger partial charge on any atom is 0.254 e. The monoisotopic (exact) mass is 393 g/mol. The van der Waals surface area contributed by atoms with Crippen molar-refractivity contribution in [2.24, 2.45) is 0 Å². The fourth-order valence-corrected chi connectivity index (χ4v) is 3.55. The van der Waals surface area contributed by atoms with Gasteiger partial charge in [0.15, 0.2) is 4.96 Å². The Morgan fingerprint density at radius 3 is 2.89 bits per heavy atom. The van der Waals surface area contributed by atoms with Crippen LogP contribution in [0.4, 0.5) is 5.69 Å². The molecule has 8 heteroatoms. The first-order valence-electron chi connectivity index (χ1n) is 8.88. The molecule has 0 saturated heterocycles. The number of anilines is 1. The quantitative estimate of drug-likeness (QED) is 0.564. The van der Waals surface area contributed by atoms with Gasteiger partial charge in [0.25, 0.3) is 5.56 Å². The van der Waals surface area contributed by atoms with Crippen molar-refractivity contribution in [3.63, 3.8) is 0 Å². The molecule has 3 aromatic heterocycles. The Hall–Kier alpha value is -3.26. The summed E-state index contributed by atoms with van der Waals surface area (Å²) in [5.74, 6) is -0.124. The van der Waals surface area contributed by atoms with Crippen LogP contribution in [0.15, 0.2) is 59.2 Å². The molecule has 0 fully saturated rings.